The number of β-amino-alcohol motifs (C(OH)–C–C–N with tert-alkyl or cyclic N) is 1. The number of aromatic nitrogens is 2. The van der Waals surface area contributed by atoms with Crippen LogP contribution in [0.1, 0.15) is 31.2 Å². The predicted molar refractivity (Wildman–Crippen MR) is 87.1 cm³/mol. The van der Waals surface area contributed by atoms with Crippen LogP contribution in [0.3, 0.4) is 0 Å². The van der Waals surface area contributed by atoms with Gasteiger partial charge in [0.1, 0.15) is 4.83 Å². The summed E-state index contributed by atoms with van der Waals surface area (Å²) in [4.78, 5) is 18.7. The Morgan fingerprint density at radius 1 is 1.43 bits per heavy atom. The first kappa shape index (κ1) is 16.1. The van der Waals surface area contributed by atoms with Gasteiger partial charge in [-0.25, -0.2) is 4.98 Å². The summed E-state index contributed by atoms with van der Waals surface area (Å²) in [6.07, 6.45) is 0.904. The highest BCUT2D eigenvalue weighted by Gasteiger charge is 2.16. The molecular weight excluding hydrogens is 286 g/mol. The maximum Gasteiger partial charge on any atom is 0.262 e. The van der Waals surface area contributed by atoms with Crippen LogP contribution >= 0.6 is 11.3 Å². The highest BCUT2D eigenvalue weighted by Crippen LogP contribution is 2.25. The third kappa shape index (κ3) is 3.70. The Morgan fingerprint density at radius 2 is 2.10 bits per heavy atom. The summed E-state index contributed by atoms with van der Waals surface area (Å²) in [5.74, 6) is 0. The number of hydrogen-bond acceptors (Lipinski definition) is 5. The molecule has 0 saturated carbocycles. The van der Waals surface area contributed by atoms with Crippen molar-refractivity contribution in [2.45, 2.75) is 52.8 Å². The summed E-state index contributed by atoms with van der Waals surface area (Å²) < 4.78 is 1.50. The molecule has 0 radical (unpaired) electrons. The Labute approximate surface area is 128 Å². The van der Waals surface area contributed by atoms with Gasteiger partial charge in [-0.15, -0.1) is 11.3 Å². The third-order valence-corrected chi connectivity index (χ3v) is 4.55. The molecular formula is C15H23N3O2S. The number of fused-ring (bicyclic) bond motifs is 1. The van der Waals surface area contributed by atoms with Crippen LogP contribution in [-0.4, -0.2) is 32.8 Å². The van der Waals surface area contributed by atoms with Crippen molar-refractivity contribution in [3.63, 3.8) is 0 Å². The summed E-state index contributed by atoms with van der Waals surface area (Å²) in [5, 5.41) is 14.0. The molecule has 0 fully saturated rings. The summed E-state index contributed by atoms with van der Waals surface area (Å²) in [7, 11) is 0. The van der Waals surface area contributed by atoms with Gasteiger partial charge in [0, 0.05) is 17.0 Å². The smallest absolute Gasteiger partial charge is 0.262 e. The monoisotopic (exact) mass is 309 g/mol. The lowest BCUT2D eigenvalue weighted by atomic mass is 10.1. The van der Waals surface area contributed by atoms with Crippen LogP contribution in [0.4, 0.5) is 0 Å². The molecule has 2 aromatic rings. The normalized spacial score (nSPS) is 13.8. The highest BCUT2D eigenvalue weighted by molar-refractivity contribution is 7.18. The standard InChI is InChI=1S/C15H23N3O2S/c1-9-10(2)21-13-12(9)14(20)18(8-16-13)7-11(19)6-17-15(3,4)5/h8,11,17,19H,6-7H2,1-5H3. The molecule has 5 nitrogen and oxygen atoms in total. The molecule has 2 aromatic heterocycles. The zero-order valence-electron chi connectivity index (χ0n) is 13.2. The summed E-state index contributed by atoms with van der Waals surface area (Å²) in [6.45, 7) is 10.7. The van der Waals surface area contributed by atoms with E-state index in [0.29, 0.717) is 11.9 Å². The van der Waals surface area contributed by atoms with Gasteiger partial charge in [0.05, 0.1) is 24.4 Å². The number of nitrogens with one attached hydrogen (secondary N) is 1. The quantitative estimate of drug-likeness (QED) is 0.904. The minimum absolute atomic E-state index is 0.0603. The second-order valence-corrected chi connectivity index (χ2v) is 7.65. The van der Waals surface area contributed by atoms with E-state index in [1.807, 2.05) is 34.6 Å². The molecule has 2 heterocycles. The molecule has 0 saturated heterocycles. The van der Waals surface area contributed by atoms with E-state index in [1.165, 1.54) is 22.2 Å². The first-order chi connectivity index (χ1) is 9.69. The number of aliphatic hydroxyl groups is 1. The first-order valence-electron chi connectivity index (χ1n) is 7.07. The summed E-state index contributed by atoms with van der Waals surface area (Å²) in [5.41, 5.74) is 0.857. The molecule has 1 atom stereocenters. The Hall–Kier alpha value is -1.24. The summed E-state index contributed by atoms with van der Waals surface area (Å²) >= 11 is 1.53. The van der Waals surface area contributed by atoms with E-state index in [9.17, 15) is 9.90 Å². The van der Waals surface area contributed by atoms with Crippen molar-refractivity contribution >= 4 is 21.6 Å². The summed E-state index contributed by atoms with van der Waals surface area (Å²) in [6, 6.07) is 0. The molecule has 0 spiro atoms. The topological polar surface area (TPSA) is 67.2 Å². The predicted octanol–water partition coefficient (Wildman–Crippen LogP) is 1.82. The van der Waals surface area contributed by atoms with Gasteiger partial charge in [0.2, 0.25) is 0 Å². The number of rotatable bonds is 4. The van der Waals surface area contributed by atoms with Crippen LogP contribution in [-0.2, 0) is 6.54 Å². The van der Waals surface area contributed by atoms with Gasteiger partial charge in [-0.2, -0.15) is 0 Å². The molecule has 6 heteroatoms. The molecule has 0 aliphatic heterocycles. The van der Waals surface area contributed by atoms with E-state index in [1.54, 1.807) is 0 Å². The van der Waals surface area contributed by atoms with Crippen molar-refractivity contribution in [2.75, 3.05) is 6.54 Å². The fraction of sp³-hybridized carbons (Fsp3) is 0.600. The van der Waals surface area contributed by atoms with Crippen molar-refractivity contribution < 1.29 is 5.11 Å². The minimum Gasteiger partial charge on any atom is -0.390 e. The van der Waals surface area contributed by atoms with Crippen molar-refractivity contribution in [3.8, 4) is 0 Å². The van der Waals surface area contributed by atoms with Gasteiger partial charge in [0.25, 0.3) is 5.56 Å². The van der Waals surface area contributed by atoms with Crippen LogP contribution in [0, 0.1) is 13.8 Å². The van der Waals surface area contributed by atoms with E-state index in [-0.39, 0.29) is 17.6 Å². The van der Waals surface area contributed by atoms with Crippen LogP contribution in [0.15, 0.2) is 11.1 Å². The zero-order chi connectivity index (χ0) is 15.8. The fourth-order valence-electron chi connectivity index (χ4n) is 2.12. The molecule has 0 bridgehead atoms. The molecule has 2 N–H and O–H groups in total. The van der Waals surface area contributed by atoms with Crippen molar-refractivity contribution in [2.24, 2.45) is 0 Å². The van der Waals surface area contributed by atoms with Gasteiger partial charge >= 0.3 is 0 Å². The lowest BCUT2D eigenvalue weighted by Gasteiger charge is -2.23. The number of thiophene rings is 1. The average Bonchev–Trinajstić information content (AvgIpc) is 2.66. The van der Waals surface area contributed by atoms with Crippen molar-refractivity contribution in [3.05, 3.63) is 27.1 Å². The van der Waals surface area contributed by atoms with Gasteiger partial charge < -0.3 is 10.4 Å². The lowest BCUT2D eigenvalue weighted by molar-refractivity contribution is 0.140. The van der Waals surface area contributed by atoms with E-state index >= 15 is 0 Å². The zero-order valence-corrected chi connectivity index (χ0v) is 14.0. The number of nitrogens with zero attached hydrogens (tertiary/aromatic N) is 2. The van der Waals surface area contributed by atoms with Gasteiger partial charge in [-0.1, -0.05) is 0 Å². The highest BCUT2D eigenvalue weighted by atomic mass is 32.1. The largest absolute Gasteiger partial charge is 0.390 e. The van der Waals surface area contributed by atoms with Crippen LogP contribution in [0.2, 0.25) is 0 Å². The number of aliphatic hydroxyl groups excluding tert-OH is 1. The minimum atomic E-state index is -0.624. The molecule has 0 aliphatic rings. The van der Waals surface area contributed by atoms with Gasteiger partial charge in [-0.05, 0) is 40.2 Å². The van der Waals surface area contributed by atoms with Crippen LogP contribution in [0.5, 0.6) is 0 Å². The van der Waals surface area contributed by atoms with Crippen LogP contribution in [0.25, 0.3) is 10.2 Å². The Kier molecular flexibility index (Phi) is 4.51. The van der Waals surface area contributed by atoms with E-state index in [0.717, 1.165) is 15.3 Å². The Balaban J connectivity index is 2.21. The molecule has 0 amide bonds. The SMILES string of the molecule is Cc1sc2ncn(CC(O)CNC(C)(C)C)c(=O)c2c1C. The Morgan fingerprint density at radius 3 is 2.71 bits per heavy atom. The molecule has 0 aliphatic carbocycles. The average molecular weight is 309 g/mol. The molecule has 0 aromatic carbocycles. The second kappa shape index (κ2) is 5.87. The lowest BCUT2D eigenvalue weighted by Crippen LogP contribution is -2.42. The van der Waals surface area contributed by atoms with E-state index < -0.39 is 6.10 Å². The van der Waals surface area contributed by atoms with Crippen molar-refractivity contribution in [1.82, 2.24) is 14.9 Å². The first-order valence-corrected chi connectivity index (χ1v) is 7.89. The van der Waals surface area contributed by atoms with E-state index in [2.05, 4.69) is 10.3 Å². The third-order valence-electron chi connectivity index (χ3n) is 3.43. The van der Waals surface area contributed by atoms with Crippen molar-refractivity contribution in [1.29, 1.82) is 0 Å². The molecule has 116 valence electrons. The van der Waals surface area contributed by atoms with E-state index in [4.69, 9.17) is 0 Å². The van der Waals surface area contributed by atoms with Crippen LogP contribution < -0.4 is 10.9 Å². The molecule has 21 heavy (non-hydrogen) atoms. The fourth-order valence-corrected chi connectivity index (χ4v) is 3.10. The maximum atomic E-state index is 12.5. The second-order valence-electron chi connectivity index (χ2n) is 6.45. The van der Waals surface area contributed by atoms with Gasteiger partial charge in [-0.3, -0.25) is 9.36 Å². The maximum absolute atomic E-state index is 12.5. The molecule has 1 unspecified atom stereocenters. The van der Waals surface area contributed by atoms with Gasteiger partial charge in [0.15, 0.2) is 0 Å². The number of hydrogen-bond donors (Lipinski definition) is 2. The Bertz CT molecular complexity index is 697. The number of aryl methyl sites for hydroxylation is 2. The molecule has 2 rings (SSSR count).